The van der Waals surface area contributed by atoms with E-state index in [0.29, 0.717) is 25.0 Å². The summed E-state index contributed by atoms with van der Waals surface area (Å²) in [4.78, 5) is 27.1. The summed E-state index contributed by atoms with van der Waals surface area (Å²) in [5.41, 5.74) is 1.55. The molecular formula is C28H37N4O6PSi. The second kappa shape index (κ2) is 11.0. The van der Waals surface area contributed by atoms with E-state index in [2.05, 4.69) is 61.4 Å². The molecular weight excluding hydrogens is 547 g/mol. The number of nitriles is 1. The summed E-state index contributed by atoms with van der Waals surface area (Å²) < 4.78 is 29.7. The lowest BCUT2D eigenvalue weighted by Crippen LogP contribution is -2.44. The average Bonchev–Trinajstić information content (AvgIpc) is 3.45. The fourth-order valence-electron chi connectivity index (χ4n) is 4.82. The first-order chi connectivity index (χ1) is 18.9. The molecule has 2 aliphatic heterocycles. The Morgan fingerprint density at radius 1 is 1.25 bits per heavy atom. The smallest absolute Gasteiger partial charge is 0.330 e. The molecule has 214 valence electrons. The molecule has 40 heavy (non-hydrogen) atoms. The van der Waals surface area contributed by atoms with Crippen molar-refractivity contribution in [1.29, 1.82) is 5.26 Å². The minimum Gasteiger partial charge on any atom is -0.414 e. The van der Waals surface area contributed by atoms with Crippen LogP contribution in [0.1, 0.15) is 51.1 Å². The molecule has 12 heteroatoms. The molecule has 10 nitrogen and oxygen atoms in total. The van der Waals surface area contributed by atoms with Crippen molar-refractivity contribution in [3.8, 4) is 6.07 Å². The molecule has 1 saturated heterocycles. The van der Waals surface area contributed by atoms with E-state index in [1.54, 1.807) is 6.92 Å². The van der Waals surface area contributed by atoms with Crippen LogP contribution in [-0.4, -0.2) is 47.1 Å². The molecule has 4 heterocycles. The van der Waals surface area contributed by atoms with Gasteiger partial charge in [-0.25, -0.2) is 4.79 Å². The van der Waals surface area contributed by atoms with Crippen LogP contribution in [0.5, 0.6) is 0 Å². The molecule has 0 bridgehead atoms. The molecule has 3 aromatic rings. The largest absolute Gasteiger partial charge is 0.414 e. The van der Waals surface area contributed by atoms with Crippen molar-refractivity contribution in [3.63, 3.8) is 0 Å². The van der Waals surface area contributed by atoms with Crippen molar-refractivity contribution >= 4 is 27.7 Å². The van der Waals surface area contributed by atoms with Gasteiger partial charge in [0.2, 0.25) is 0 Å². The molecule has 1 unspecified atom stereocenters. The molecule has 1 aromatic carbocycles. The van der Waals surface area contributed by atoms with Gasteiger partial charge in [-0.2, -0.15) is 5.26 Å². The number of aromatic amines is 1. The van der Waals surface area contributed by atoms with Gasteiger partial charge in [-0.1, -0.05) is 39.0 Å². The Hall–Kier alpha value is -2.58. The first kappa shape index (κ1) is 28.9. The maximum absolute atomic E-state index is 12.7. The van der Waals surface area contributed by atoms with Gasteiger partial charge in [0.1, 0.15) is 12.3 Å². The van der Waals surface area contributed by atoms with Crippen LogP contribution in [0.2, 0.25) is 18.1 Å². The SMILES string of the molecule is Cc1cn([C@H]2C[C@H](OP3O[C@H](CC#N)Cc4cc5ccccc5n43)[C@@H](CO[Si](C)(C)C(C)(C)C)O2)c(=O)[nH]c1=O. The number of hydrogen-bond acceptors (Lipinski definition) is 7. The maximum atomic E-state index is 12.7. The number of benzene rings is 1. The highest BCUT2D eigenvalue weighted by atomic mass is 31.2. The topological polar surface area (TPSA) is 120 Å². The Kier molecular flexibility index (Phi) is 7.96. The summed E-state index contributed by atoms with van der Waals surface area (Å²) in [5.74, 6) is 0. The van der Waals surface area contributed by atoms with E-state index < -0.39 is 46.5 Å². The third kappa shape index (κ3) is 5.62. The predicted octanol–water partition coefficient (Wildman–Crippen LogP) is 5.12. The third-order valence-corrected chi connectivity index (χ3v) is 14.4. The highest BCUT2D eigenvalue weighted by Gasteiger charge is 2.44. The summed E-state index contributed by atoms with van der Waals surface area (Å²) in [6, 6.07) is 12.5. The van der Waals surface area contributed by atoms with Gasteiger partial charge in [0, 0.05) is 35.7 Å². The highest BCUT2D eigenvalue weighted by Crippen LogP contribution is 2.53. The first-order valence-corrected chi connectivity index (χ1v) is 17.6. The molecule has 1 N–H and O–H groups in total. The van der Waals surface area contributed by atoms with Crippen molar-refractivity contribution in [2.24, 2.45) is 0 Å². The van der Waals surface area contributed by atoms with Crippen molar-refractivity contribution in [3.05, 3.63) is 68.6 Å². The number of ether oxygens (including phenoxy) is 1. The van der Waals surface area contributed by atoms with Gasteiger partial charge in [0.15, 0.2) is 8.32 Å². The molecule has 0 saturated carbocycles. The molecule has 5 atom stereocenters. The van der Waals surface area contributed by atoms with Gasteiger partial charge in [-0.15, -0.1) is 0 Å². The van der Waals surface area contributed by atoms with Crippen LogP contribution in [0.3, 0.4) is 0 Å². The Morgan fingerprint density at radius 3 is 2.73 bits per heavy atom. The zero-order chi connectivity index (χ0) is 28.8. The lowest BCUT2D eigenvalue weighted by Gasteiger charge is -2.37. The number of hydrogen-bond donors (Lipinski definition) is 1. The first-order valence-electron chi connectivity index (χ1n) is 13.6. The number of nitrogens with one attached hydrogen (secondary N) is 1. The molecule has 0 aliphatic carbocycles. The number of rotatable bonds is 7. The Labute approximate surface area is 235 Å². The summed E-state index contributed by atoms with van der Waals surface area (Å²) in [6.45, 7) is 12.9. The molecule has 2 aromatic heterocycles. The third-order valence-electron chi connectivity index (χ3n) is 8.19. The molecule has 5 rings (SSSR count). The number of H-pyrrole nitrogens is 1. The van der Waals surface area contributed by atoms with E-state index in [1.807, 2.05) is 18.2 Å². The number of para-hydroxylation sites is 1. The van der Waals surface area contributed by atoms with Gasteiger partial charge in [-0.05, 0) is 37.2 Å². The normalized spacial score (nSPS) is 25.2. The standard InChI is InChI=1S/C28H37N4O6PSi/c1-18-16-31(27(34)30-26(18)33)25-15-23(24(36-25)17-35-40(5,6)28(2,3)4)38-39-32-20(14-21(37-39)11-12-29)13-19-9-7-8-10-22(19)32/h7-10,13,16,21,23-25H,11,14-15,17H2,1-6H3,(H,30,33,34)/t21-,23+,24-,25-,39?/m1/s1. The number of aromatic nitrogens is 3. The van der Waals surface area contributed by atoms with E-state index in [-0.39, 0.29) is 17.6 Å². The minimum absolute atomic E-state index is 0.00830. The van der Waals surface area contributed by atoms with E-state index in [4.69, 9.17) is 18.2 Å². The second-order valence-corrected chi connectivity index (χ2v) is 18.2. The molecule has 0 radical (unpaired) electrons. The quantitative estimate of drug-likeness (QED) is 0.302. The van der Waals surface area contributed by atoms with E-state index in [1.165, 1.54) is 10.8 Å². The van der Waals surface area contributed by atoms with Gasteiger partial charge >= 0.3 is 5.69 Å². The predicted molar refractivity (Wildman–Crippen MR) is 156 cm³/mol. The van der Waals surface area contributed by atoms with Crippen molar-refractivity contribution in [2.45, 2.75) is 89.6 Å². The molecule has 1 fully saturated rings. The minimum atomic E-state index is -2.11. The van der Waals surface area contributed by atoms with Crippen LogP contribution in [0, 0.1) is 18.3 Å². The zero-order valence-electron chi connectivity index (χ0n) is 23.8. The van der Waals surface area contributed by atoms with Crippen molar-refractivity contribution in [1.82, 2.24) is 13.9 Å². The van der Waals surface area contributed by atoms with Crippen LogP contribution < -0.4 is 11.2 Å². The van der Waals surface area contributed by atoms with Crippen LogP contribution in [0.25, 0.3) is 10.9 Å². The number of nitrogens with zero attached hydrogens (tertiary/aromatic N) is 3. The highest BCUT2D eigenvalue weighted by molar-refractivity contribution is 7.46. The van der Waals surface area contributed by atoms with Crippen LogP contribution in [-0.2, 0) is 24.6 Å². The average molecular weight is 585 g/mol. The van der Waals surface area contributed by atoms with Gasteiger partial charge < -0.3 is 18.2 Å². The summed E-state index contributed by atoms with van der Waals surface area (Å²) in [5, 5.41) is 10.5. The summed E-state index contributed by atoms with van der Waals surface area (Å²) >= 11 is 0. The Balaban J connectivity index is 1.47. The fraction of sp³-hybridized carbons (Fsp3) is 0.536. The monoisotopic (exact) mass is 584 g/mol. The van der Waals surface area contributed by atoms with Crippen LogP contribution >= 0.6 is 8.53 Å². The lowest BCUT2D eigenvalue weighted by molar-refractivity contribution is -0.0407. The number of aryl methyl sites for hydroxylation is 1. The van der Waals surface area contributed by atoms with Gasteiger partial charge in [0.25, 0.3) is 14.1 Å². The van der Waals surface area contributed by atoms with Crippen LogP contribution in [0.4, 0.5) is 0 Å². The molecule has 0 amide bonds. The van der Waals surface area contributed by atoms with Crippen molar-refractivity contribution in [2.75, 3.05) is 6.61 Å². The van der Waals surface area contributed by atoms with E-state index in [9.17, 15) is 14.9 Å². The van der Waals surface area contributed by atoms with Crippen LogP contribution in [0.15, 0.2) is 46.1 Å². The molecule has 0 spiro atoms. The Morgan fingerprint density at radius 2 is 2.00 bits per heavy atom. The summed E-state index contributed by atoms with van der Waals surface area (Å²) in [7, 11) is -3.72. The Bertz CT molecular complexity index is 1550. The maximum Gasteiger partial charge on any atom is 0.330 e. The zero-order valence-corrected chi connectivity index (χ0v) is 25.7. The molecule has 2 aliphatic rings. The van der Waals surface area contributed by atoms with Gasteiger partial charge in [-0.3, -0.25) is 18.7 Å². The fourth-order valence-corrected chi connectivity index (χ4v) is 7.64. The summed E-state index contributed by atoms with van der Waals surface area (Å²) in [6.07, 6.45) is 0.949. The second-order valence-electron chi connectivity index (χ2n) is 12.1. The van der Waals surface area contributed by atoms with Gasteiger partial charge in [0.05, 0.1) is 36.8 Å². The lowest BCUT2D eigenvalue weighted by atomic mass is 10.1. The van der Waals surface area contributed by atoms with Crippen molar-refractivity contribution < 1.29 is 18.2 Å². The van der Waals surface area contributed by atoms with E-state index in [0.717, 1.165) is 16.6 Å². The van der Waals surface area contributed by atoms with E-state index >= 15 is 0 Å². The number of fused-ring (bicyclic) bond motifs is 3.